The fourth-order valence-corrected chi connectivity index (χ4v) is 5.25. The molecule has 2 aromatic rings. The minimum absolute atomic E-state index is 0.107. The molecule has 0 aliphatic heterocycles. The molecule has 0 spiro atoms. The van der Waals surface area contributed by atoms with Gasteiger partial charge in [-0.15, -0.1) is 0 Å². The number of benzene rings is 2. The highest BCUT2D eigenvalue weighted by atomic mass is 16.6. The van der Waals surface area contributed by atoms with Crippen molar-refractivity contribution in [2.24, 2.45) is 11.3 Å². The van der Waals surface area contributed by atoms with Gasteiger partial charge in [-0.1, -0.05) is 61.0 Å². The average molecular weight is 375 g/mol. The number of nitrogens with zero attached hydrogens (tertiary/aromatic N) is 1. The Morgan fingerprint density at radius 3 is 2.54 bits per heavy atom. The maximum atomic E-state index is 12.9. The monoisotopic (exact) mass is 375 g/mol. The van der Waals surface area contributed by atoms with E-state index in [-0.39, 0.29) is 27.9 Å². The number of hydrogen-bond donors (Lipinski definition) is 0. The van der Waals surface area contributed by atoms with E-state index in [1.165, 1.54) is 5.56 Å². The van der Waals surface area contributed by atoms with Crippen LogP contribution in [0.1, 0.15) is 55.6 Å². The molecule has 2 aliphatic rings. The van der Waals surface area contributed by atoms with Crippen molar-refractivity contribution in [2.75, 3.05) is 0 Å². The van der Waals surface area contributed by atoms with Crippen LogP contribution in [0.25, 0.3) is 6.08 Å². The number of carbonyl (C=O) groups is 1. The minimum Gasteiger partial charge on any atom is -0.299 e. The van der Waals surface area contributed by atoms with Crippen molar-refractivity contribution < 1.29 is 9.72 Å². The fourth-order valence-electron chi connectivity index (χ4n) is 5.25. The van der Waals surface area contributed by atoms with Crippen molar-refractivity contribution in [2.45, 2.75) is 44.4 Å². The summed E-state index contributed by atoms with van der Waals surface area (Å²) < 4.78 is 0. The summed E-state index contributed by atoms with van der Waals surface area (Å²) in [6.45, 7) is 0. The van der Waals surface area contributed by atoms with Crippen LogP contribution in [0.5, 0.6) is 0 Å². The summed E-state index contributed by atoms with van der Waals surface area (Å²) in [6, 6.07) is 17.1. The third-order valence-corrected chi connectivity index (χ3v) is 6.53. The number of carbonyl (C=O) groups excluding carboxylic acids is 1. The van der Waals surface area contributed by atoms with Gasteiger partial charge in [-0.2, -0.15) is 0 Å². The first kappa shape index (κ1) is 18.6. The Labute approximate surface area is 165 Å². The van der Waals surface area contributed by atoms with Crippen molar-refractivity contribution >= 4 is 17.5 Å². The number of allylic oxidation sites excluding steroid dienone is 1. The maximum Gasteiger partial charge on any atom is 0.269 e. The van der Waals surface area contributed by atoms with Crippen molar-refractivity contribution in [3.8, 4) is 0 Å². The smallest absolute Gasteiger partial charge is 0.269 e. The van der Waals surface area contributed by atoms with Gasteiger partial charge >= 0.3 is 0 Å². The van der Waals surface area contributed by atoms with Gasteiger partial charge < -0.3 is 0 Å². The third-order valence-electron chi connectivity index (χ3n) is 6.53. The van der Waals surface area contributed by atoms with Crippen LogP contribution in [0.4, 0.5) is 5.69 Å². The van der Waals surface area contributed by atoms with E-state index in [2.05, 4.69) is 24.3 Å². The summed E-state index contributed by atoms with van der Waals surface area (Å²) in [5.74, 6) is 0.761. The summed E-state index contributed by atoms with van der Waals surface area (Å²) >= 11 is 0. The van der Waals surface area contributed by atoms with E-state index in [0.717, 1.165) is 44.1 Å². The molecule has 2 aliphatic carbocycles. The predicted octanol–water partition coefficient (Wildman–Crippen LogP) is 5.93. The molecule has 0 amide bonds. The summed E-state index contributed by atoms with van der Waals surface area (Å²) in [7, 11) is 0. The zero-order valence-corrected chi connectivity index (χ0v) is 15.9. The van der Waals surface area contributed by atoms with E-state index in [1.807, 2.05) is 30.3 Å². The van der Waals surface area contributed by atoms with Crippen LogP contribution in [-0.4, -0.2) is 10.7 Å². The lowest BCUT2D eigenvalue weighted by molar-refractivity contribution is -0.384. The Bertz CT molecular complexity index is 888. The molecule has 2 aromatic carbocycles. The lowest BCUT2D eigenvalue weighted by Crippen LogP contribution is -2.58. The Balaban J connectivity index is 1.43. The van der Waals surface area contributed by atoms with E-state index in [4.69, 9.17) is 0 Å². The zero-order valence-electron chi connectivity index (χ0n) is 15.9. The molecule has 0 saturated heterocycles. The van der Waals surface area contributed by atoms with Crippen LogP contribution in [0.3, 0.4) is 0 Å². The number of hydrogen-bond acceptors (Lipinski definition) is 3. The van der Waals surface area contributed by atoms with Crippen LogP contribution < -0.4 is 0 Å². The van der Waals surface area contributed by atoms with Crippen molar-refractivity contribution in [1.82, 2.24) is 0 Å². The zero-order chi connectivity index (χ0) is 19.6. The molecule has 0 heterocycles. The number of Topliss-reactive ketones (excluding diaryl/α,β-unsaturated/α-hetero) is 1. The lowest BCUT2D eigenvalue weighted by Gasteiger charge is -2.58. The Morgan fingerprint density at radius 1 is 1.11 bits per heavy atom. The number of ketones is 1. The molecule has 2 fully saturated rings. The molecule has 3 atom stereocenters. The van der Waals surface area contributed by atoms with Crippen LogP contribution in [0, 0.1) is 21.4 Å². The first-order valence-corrected chi connectivity index (χ1v) is 10.1. The molecule has 0 N–H and O–H groups in total. The molecule has 0 radical (unpaired) electrons. The summed E-state index contributed by atoms with van der Waals surface area (Å²) in [5.41, 5.74) is 2.15. The molecule has 28 heavy (non-hydrogen) atoms. The molecule has 4 heteroatoms. The first-order valence-electron chi connectivity index (χ1n) is 10.1. The highest BCUT2D eigenvalue weighted by Gasteiger charge is 2.62. The topological polar surface area (TPSA) is 60.2 Å². The Hall–Kier alpha value is -2.75. The number of unbranched alkanes of at least 4 members (excludes halogenated alkanes) is 1. The highest BCUT2D eigenvalue weighted by molar-refractivity contribution is 5.96. The molecule has 2 bridgehead atoms. The second-order valence-corrected chi connectivity index (χ2v) is 8.05. The first-order chi connectivity index (χ1) is 13.6. The van der Waals surface area contributed by atoms with Crippen molar-refractivity contribution in [1.29, 1.82) is 0 Å². The predicted molar refractivity (Wildman–Crippen MR) is 110 cm³/mol. The molecular formula is C24H25NO3. The van der Waals surface area contributed by atoms with Crippen LogP contribution >= 0.6 is 0 Å². The summed E-state index contributed by atoms with van der Waals surface area (Å²) in [6.07, 6.45) is 10.2. The molecule has 4 nitrogen and oxygen atoms in total. The van der Waals surface area contributed by atoms with Crippen LogP contribution in [0.15, 0.2) is 60.7 Å². The van der Waals surface area contributed by atoms with Crippen molar-refractivity contribution in [3.63, 3.8) is 0 Å². The normalized spacial score (nSPS) is 26.2. The molecule has 2 saturated carbocycles. The van der Waals surface area contributed by atoms with Gasteiger partial charge in [0.05, 0.1) is 4.92 Å². The number of nitro groups is 1. The van der Waals surface area contributed by atoms with Gasteiger partial charge in [-0.05, 0) is 43.2 Å². The van der Waals surface area contributed by atoms with E-state index >= 15 is 0 Å². The number of non-ortho nitro benzene ring substituents is 1. The van der Waals surface area contributed by atoms with Gasteiger partial charge in [0.1, 0.15) is 5.78 Å². The molecular weight excluding hydrogens is 350 g/mol. The third kappa shape index (κ3) is 3.28. The number of rotatable bonds is 7. The minimum atomic E-state index is -0.370. The maximum absolute atomic E-state index is 12.9. The second kappa shape index (κ2) is 7.70. The summed E-state index contributed by atoms with van der Waals surface area (Å²) in [5, 5.41) is 10.9. The molecule has 0 unspecified atom stereocenters. The van der Waals surface area contributed by atoms with E-state index < -0.39 is 0 Å². The summed E-state index contributed by atoms with van der Waals surface area (Å²) in [4.78, 5) is 23.4. The largest absolute Gasteiger partial charge is 0.299 e. The highest BCUT2D eigenvalue weighted by Crippen LogP contribution is 2.64. The van der Waals surface area contributed by atoms with Gasteiger partial charge in [0.2, 0.25) is 0 Å². The van der Waals surface area contributed by atoms with Crippen LogP contribution in [-0.2, 0) is 4.79 Å². The Morgan fingerprint density at radius 2 is 1.86 bits per heavy atom. The fraction of sp³-hybridized carbons (Fsp3) is 0.375. The van der Waals surface area contributed by atoms with Crippen molar-refractivity contribution in [3.05, 3.63) is 81.9 Å². The van der Waals surface area contributed by atoms with E-state index in [1.54, 1.807) is 12.1 Å². The van der Waals surface area contributed by atoms with Gasteiger partial charge in [0.25, 0.3) is 5.69 Å². The second-order valence-electron chi connectivity index (χ2n) is 8.05. The van der Waals surface area contributed by atoms with E-state index in [0.29, 0.717) is 5.78 Å². The SMILES string of the molecule is O=C1[C@H]2CCC[C@]1(CCC/C=C/c1ccccc1)[C@@H]2c1ccc([N+](=O)[O-])cc1. The quantitative estimate of drug-likeness (QED) is 0.342. The van der Waals surface area contributed by atoms with Gasteiger partial charge in [0.15, 0.2) is 0 Å². The van der Waals surface area contributed by atoms with Crippen LogP contribution in [0.2, 0.25) is 0 Å². The number of fused-ring (bicyclic) bond motifs is 2. The Kier molecular flexibility index (Phi) is 5.12. The molecule has 144 valence electrons. The molecule has 0 aromatic heterocycles. The number of nitro benzene ring substituents is 1. The molecule has 4 rings (SSSR count). The lowest BCUT2D eigenvalue weighted by atomic mass is 9.43. The van der Waals surface area contributed by atoms with Gasteiger partial charge in [0, 0.05) is 29.4 Å². The standard InChI is InChI=1S/C24H25NO3/c26-23-21-11-7-17-24(23,16-6-2-5-10-18-8-3-1-4-9-18)22(21)19-12-14-20(15-13-19)25(27)28/h1,3-5,8-10,12-15,21-22H,2,6-7,11,16-17H2/b10-5+/t21-,22+,24+/m0/s1. The average Bonchev–Trinajstić information content (AvgIpc) is 2.73. The van der Waals surface area contributed by atoms with Gasteiger partial charge in [-0.3, -0.25) is 14.9 Å². The van der Waals surface area contributed by atoms with Gasteiger partial charge in [-0.25, -0.2) is 0 Å². The van der Waals surface area contributed by atoms with E-state index in [9.17, 15) is 14.9 Å².